The van der Waals surface area contributed by atoms with Gasteiger partial charge in [-0.1, -0.05) is 33.6 Å². The number of aliphatic carboxylic acids is 1. The molecule has 0 bridgehead atoms. The van der Waals surface area contributed by atoms with Crippen LogP contribution in [0, 0.1) is 5.41 Å². The Morgan fingerprint density at radius 1 is 1.25 bits per heavy atom. The SMILES string of the molecule is CC(C)(C)CC(CC(=O)O)NC(=O)CNC1CCCC1. The Labute approximate surface area is 121 Å². The number of nitrogens with one attached hydrogen (secondary N) is 2. The lowest BCUT2D eigenvalue weighted by molar-refractivity contribution is -0.137. The number of hydrogen-bond donors (Lipinski definition) is 3. The molecule has 0 aromatic rings. The highest BCUT2D eigenvalue weighted by Crippen LogP contribution is 2.22. The van der Waals surface area contributed by atoms with Crippen molar-refractivity contribution in [1.82, 2.24) is 10.6 Å². The van der Waals surface area contributed by atoms with E-state index in [-0.39, 0.29) is 30.3 Å². The molecule has 20 heavy (non-hydrogen) atoms. The van der Waals surface area contributed by atoms with Gasteiger partial charge >= 0.3 is 5.97 Å². The first kappa shape index (κ1) is 17.0. The summed E-state index contributed by atoms with van der Waals surface area (Å²) in [6, 6.07) is 0.145. The van der Waals surface area contributed by atoms with E-state index >= 15 is 0 Å². The van der Waals surface area contributed by atoms with Crippen LogP contribution in [-0.2, 0) is 9.59 Å². The van der Waals surface area contributed by atoms with Gasteiger partial charge in [-0.15, -0.1) is 0 Å². The van der Waals surface area contributed by atoms with E-state index in [0.717, 1.165) is 12.8 Å². The first-order valence-corrected chi connectivity index (χ1v) is 7.51. The lowest BCUT2D eigenvalue weighted by Crippen LogP contribution is -2.44. The van der Waals surface area contributed by atoms with Gasteiger partial charge in [-0.25, -0.2) is 0 Å². The average molecular weight is 284 g/mol. The number of carboxylic acid groups (broad SMARTS) is 1. The Morgan fingerprint density at radius 3 is 2.35 bits per heavy atom. The topological polar surface area (TPSA) is 78.4 Å². The van der Waals surface area contributed by atoms with E-state index in [1.54, 1.807) is 0 Å². The number of carbonyl (C=O) groups excluding carboxylic acids is 1. The molecule has 5 nitrogen and oxygen atoms in total. The van der Waals surface area contributed by atoms with Crippen LogP contribution in [0.2, 0.25) is 0 Å². The smallest absolute Gasteiger partial charge is 0.305 e. The fourth-order valence-electron chi connectivity index (χ4n) is 2.77. The Balaban J connectivity index is 2.37. The van der Waals surface area contributed by atoms with E-state index in [0.29, 0.717) is 12.5 Å². The van der Waals surface area contributed by atoms with E-state index < -0.39 is 5.97 Å². The number of rotatable bonds is 7. The molecule has 0 spiro atoms. The van der Waals surface area contributed by atoms with E-state index in [4.69, 9.17) is 5.11 Å². The van der Waals surface area contributed by atoms with Crippen LogP contribution in [0.25, 0.3) is 0 Å². The van der Waals surface area contributed by atoms with Gasteiger partial charge in [0.25, 0.3) is 0 Å². The molecule has 1 fully saturated rings. The highest BCUT2D eigenvalue weighted by Gasteiger charge is 2.23. The zero-order valence-electron chi connectivity index (χ0n) is 12.9. The van der Waals surface area contributed by atoms with Crippen molar-refractivity contribution in [3.8, 4) is 0 Å². The summed E-state index contributed by atoms with van der Waals surface area (Å²) in [5, 5.41) is 15.0. The second-order valence-corrected chi connectivity index (χ2v) is 6.99. The third-order valence-corrected chi connectivity index (χ3v) is 3.55. The highest BCUT2D eigenvalue weighted by molar-refractivity contribution is 5.79. The minimum atomic E-state index is -0.872. The van der Waals surface area contributed by atoms with E-state index in [9.17, 15) is 9.59 Å². The minimum Gasteiger partial charge on any atom is -0.481 e. The van der Waals surface area contributed by atoms with Crippen molar-refractivity contribution in [3.05, 3.63) is 0 Å². The predicted octanol–water partition coefficient (Wildman–Crippen LogP) is 1.91. The van der Waals surface area contributed by atoms with Gasteiger partial charge in [0.05, 0.1) is 13.0 Å². The summed E-state index contributed by atoms with van der Waals surface area (Å²) in [4.78, 5) is 22.8. The van der Waals surface area contributed by atoms with Crippen LogP contribution in [0.5, 0.6) is 0 Å². The van der Waals surface area contributed by atoms with Gasteiger partial charge in [-0.2, -0.15) is 0 Å². The Bertz CT molecular complexity index is 331. The van der Waals surface area contributed by atoms with Gasteiger partial charge in [-0.3, -0.25) is 9.59 Å². The average Bonchev–Trinajstić information content (AvgIpc) is 2.75. The van der Waals surface area contributed by atoms with Gasteiger partial charge in [0, 0.05) is 12.1 Å². The largest absolute Gasteiger partial charge is 0.481 e. The molecule has 0 heterocycles. The van der Waals surface area contributed by atoms with Gasteiger partial charge in [-0.05, 0) is 24.7 Å². The molecule has 1 aliphatic rings. The number of carboxylic acids is 1. The third kappa shape index (κ3) is 7.48. The summed E-state index contributed by atoms with van der Waals surface area (Å²) in [5.41, 5.74) is -0.00766. The molecule has 1 unspecified atom stereocenters. The minimum absolute atomic E-state index is 0.00766. The van der Waals surface area contributed by atoms with Crippen molar-refractivity contribution < 1.29 is 14.7 Å². The molecule has 0 saturated heterocycles. The molecular formula is C15H28N2O3. The molecule has 3 N–H and O–H groups in total. The Hall–Kier alpha value is -1.10. The molecule has 0 radical (unpaired) electrons. The second-order valence-electron chi connectivity index (χ2n) is 6.99. The first-order valence-electron chi connectivity index (χ1n) is 7.51. The molecule has 0 aromatic carbocycles. The quantitative estimate of drug-likeness (QED) is 0.667. The predicted molar refractivity (Wildman–Crippen MR) is 78.5 cm³/mol. The highest BCUT2D eigenvalue weighted by atomic mass is 16.4. The molecule has 1 aliphatic carbocycles. The molecule has 1 rings (SSSR count). The molecule has 5 heteroatoms. The number of amides is 1. The summed E-state index contributed by atoms with van der Waals surface area (Å²) in [7, 11) is 0. The number of hydrogen-bond acceptors (Lipinski definition) is 3. The van der Waals surface area contributed by atoms with Crippen LogP contribution < -0.4 is 10.6 Å². The van der Waals surface area contributed by atoms with Crippen molar-refractivity contribution in [1.29, 1.82) is 0 Å². The molecule has 0 aromatic heterocycles. The molecule has 1 amide bonds. The maximum atomic E-state index is 11.9. The first-order chi connectivity index (χ1) is 9.26. The van der Waals surface area contributed by atoms with Crippen LogP contribution in [0.15, 0.2) is 0 Å². The van der Waals surface area contributed by atoms with Crippen LogP contribution in [0.4, 0.5) is 0 Å². The van der Waals surface area contributed by atoms with Gasteiger partial charge in [0.15, 0.2) is 0 Å². The van der Waals surface area contributed by atoms with Gasteiger partial charge in [0.1, 0.15) is 0 Å². The molecule has 116 valence electrons. The monoisotopic (exact) mass is 284 g/mol. The third-order valence-electron chi connectivity index (χ3n) is 3.55. The van der Waals surface area contributed by atoms with Crippen LogP contribution in [-0.4, -0.2) is 35.6 Å². The lowest BCUT2D eigenvalue weighted by atomic mass is 9.87. The van der Waals surface area contributed by atoms with Crippen LogP contribution >= 0.6 is 0 Å². The van der Waals surface area contributed by atoms with Gasteiger partial charge in [0.2, 0.25) is 5.91 Å². The zero-order valence-corrected chi connectivity index (χ0v) is 12.9. The zero-order chi connectivity index (χ0) is 15.2. The molecule has 0 aliphatic heterocycles. The van der Waals surface area contributed by atoms with Gasteiger partial charge < -0.3 is 15.7 Å². The Morgan fingerprint density at radius 2 is 1.85 bits per heavy atom. The lowest BCUT2D eigenvalue weighted by Gasteiger charge is -2.26. The summed E-state index contributed by atoms with van der Waals surface area (Å²) < 4.78 is 0. The maximum absolute atomic E-state index is 11.9. The normalized spacial score (nSPS) is 17.9. The Kier molecular flexibility index (Phi) is 6.46. The summed E-state index contributed by atoms with van der Waals surface area (Å²) in [6.45, 7) is 6.42. The molecule has 1 atom stereocenters. The van der Waals surface area contributed by atoms with Crippen molar-refractivity contribution in [2.24, 2.45) is 5.41 Å². The van der Waals surface area contributed by atoms with E-state index in [1.165, 1.54) is 12.8 Å². The van der Waals surface area contributed by atoms with Crippen molar-refractivity contribution in [2.45, 2.75) is 71.4 Å². The van der Waals surface area contributed by atoms with Crippen LogP contribution in [0.3, 0.4) is 0 Å². The summed E-state index contributed by atoms with van der Waals surface area (Å²) in [6.07, 6.45) is 5.36. The fourth-order valence-corrected chi connectivity index (χ4v) is 2.77. The number of carbonyl (C=O) groups is 2. The van der Waals surface area contributed by atoms with Crippen molar-refractivity contribution >= 4 is 11.9 Å². The van der Waals surface area contributed by atoms with E-state index in [2.05, 4.69) is 10.6 Å². The van der Waals surface area contributed by atoms with E-state index in [1.807, 2.05) is 20.8 Å². The summed E-state index contributed by atoms with van der Waals surface area (Å²) in [5.74, 6) is -0.976. The second kappa shape index (κ2) is 7.62. The summed E-state index contributed by atoms with van der Waals surface area (Å²) >= 11 is 0. The maximum Gasteiger partial charge on any atom is 0.305 e. The van der Waals surface area contributed by atoms with Crippen molar-refractivity contribution in [2.75, 3.05) is 6.54 Å². The molecular weight excluding hydrogens is 256 g/mol. The van der Waals surface area contributed by atoms with Crippen molar-refractivity contribution in [3.63, 3.8) is 0 Å². The molecule has 1 saturated carbocycles. The fraction of sp³-hybridized carbons (Fsp3) is 0.867. The standard InChI is InChI=1S/C15H28N2O3/c1-15(2,3)9-12(8-14(19)20)17-13(18)10-16-11-6-4-5-7-11/h11-12,16H,4-10H2,1-3H3,(H,17,18)(H,19,20). The van der Waals surface area contributed by atoms with Crippen LogP contribution in [0.1, 0.15) is 59.3 Å².